The van der Waals surface area contributed by atoms with E-state index in [1.165, 1.54) is 5.56 Å². The van der Waals surface area contributed by atoms with Gasteiger partial charge in [-0.2, -0.15) is 0 Å². The first kappa shape index (κ1) is 14.7. The molecule has 0 saturated carbocycles. The molecule has 0 radical (unpaired) electrons. The molecule has 0 spiro atoms. The average Bonchev–Trinajstić information content (AvgIpc) is 2.45. The number of rotatable bonds is 5. The molecule has 0 unspecified atom stereocenters. The number of hydrogen-bond acceptors (Lipinski definition) is 4. The summed E-state index contributed by atoms with van der Waals surface area (Å²) in [6.45, 7) is 0.727. The van der Waals surface area contributed by atoms with Crippen LogP contribution in [-0.4, -0.2) is 26.2 Å². The molecule has 0 aliphatic carbocycles. The van der Waals surface area contributed by atoms with Crippen molar-refractivity contribution in [2.45, 2.75) is 6.54 Å². The number of ether oxygens (including phenoxy) is 1. The van der Waals surface area contributed by atoms with Crippen molar-refractivity contribution in [1.29, 1.82) is 0 Å². The number of aromatic nitrogens is 1. The normalized spacial score (nSPS) is 10.2. The minimum Gasteiger partial charge on any atom is -0.497 e. The Bertz CT molecular complexity index is 570. The minimum absolute atomic E-state index is 0.727. The zero-order valence-corrected chi connectivity index (χ0v) is 13.4. The average molecular weight is 336 g/mol. The number of nitrogens with zero attached hydrogens (tertiary/aromatic N) is 2. The van der Waals surface area contributed by atoms with Crippen molar-refractivity contribution in [3.05, 3.63) is 46.6 Å². The topological polar surface area (TPSA) is 37.4 Å². The van der Waals surface area contributed by atoms with Gasteiger partial charge in [-0.3, -0.25) is 0 Å². The van der Waals surface area contributed by atoms with Crippen LogP contribution in [0, 0.1) is 0 Å². The van der Waals surface area contributed by atoms with Gasteiger partial charge in [0.15, 0.2) is 0 Å². The van der Waals surface area contributed by atoms with E-state index in [0.29, 0.717) is 0 Å². The van der Waals surface area contributed by atoms with Gasteiger partial charge in [0.25, 0.3) is 0 Å². The number of benzene rings is 1. The highest BCUT2D eigenvalue weighted by molar-refractivity contribution is 9.10. The summed E-state index contributed by atoms with van der Waals surface area (Å²) < 4.78 is 5.98. The SMILES string of the molecule is COc1ccc(CNc2ccc(N(C)C)c(Br)n2)cc1. The maximum absolute atomic E-state index is 5.14. The third-order valence-corrected chi connectivity index (χ3v) is 3.53. The smallest absolute Gasteiger partial charge is 0.131 e. The van der Waals surface area contributed by atoms with Gasteiger partial charge >= 0.3 is 0 Å². The van der Waals surface area contributed by atoms with Gasteiger partial charge in [0.05, 0.1) is 12.8 Å². The zero-order chi connectivity index (χ0) is 14.5. The van der Waals surface area contributed by atoms with Crippen LogP contribution in [0.4, 0.5) is 11.5 Å². The van der Waals surface area contributed by atoms with Crippen LogP contribution in [-0.2, 0) is 6.54 Å². The van der Waals surface area contributed by atoms with Gasteiger partial charge in [0.1, 0.15) is 16.2 Å². The van der Waals surface area contributed by atoms with Gasteiger partial charge in [-0.05, 0) is 45.8 Å². The van der Waals surface area contributed by atoms with Crippen LogP contribution in [0.3, 0.4) is 0 Å². The van der Waals surface area contributed by atoms with Crippen LogP contribution in [0.2, 0.25) is 0 Å². The Morgan fingerprint density at radius 2 is 1.85 bits per heavy atom. The van der Waals surface area contributed by atoms with Crippen molar-refractivity contribution in [2.24, 2.45) is 0 Å². The van der Waals surface area contributed by atoms with Crippen molar-refractivity contribution in [1.82, 2.24) is 4.98 Å². The summed E-state index contributed by atoms with van der Waals surface area (Å²) in [5, 5.41) is 3.30. The molecule has 1 heterocycles. The fourth-order valence-electron chi connectivity index (χ4n) is 1.79. The van der Waals surface area contributed by atoms with Crippen LogP contribution in [0.15, 0.2) is 41.0 Å². The lowest BCUT2D eigenvalue weighted by Crippen LogP contribution is -2.10. The van der Waals surface area contributed by atoms with Gasteiger partial charge < -0.3 is 15.0 Å². The molecule has 5 heteroatoms. The number of hydrogen-bond donors (Lipinski definition) is 1. The van der Waals surface area contributed by atoms with E-state index in [4.69, 9.17) is 4.74 Å². The number of methoxy groups -OCH3 is 1. The van der Waals surface area contributed by atoms with E-state index in [1.54, 1.807) is 7.11 Å². The maximum Gasteiger partial charge on any atom is 0.131 e. The van der Waals surface area contributed by atoms with Gasteiger partial charge in [-0.25, -0.2) is 4.98 Å². The van der Waals surface area contributed by atoms with E-state index in [2.05, 4.69) is 26.2 Å². The van der Waals surface area contributed by atoms with E-state index in [9.17, 15) is 0 Å². The summed E-state index contributed by atoms with van der Waals surface area (Å²) in [5.74, 6) is 1.71. The third kappa shape index (κ3) is 3.63. The molecule has 0 amide bonds. The molecule has 0 fully saturated rings. The van der Waals surface area contributed by atoms with Gasteiger partial charge in [-0.1, -0.05) is 12.1 Å². The van der Waals surface area contributed by atoms with Crippen LogP contribution < -0.4 is 15.0 Å². The Morgan fingerprint density at radius 3 is 2.40 bits per heavy atom. The van der Waals surface area contributed by atoms with Gasteiger partial charge in [0, 0.05) is 20.6 Å². The monoisotopic (exact) mass is 335 g/mol. The molecule has 2 aromatic rings. The minimum atomic E-state index is 0.727. The molecule has 20 heavy (non-hydrogen) atoms. The molecule has 1 N–H and O–H groups in total. The molecule has 1 aromatic heterocycles. The molecule has 0 aliphatic heterocycles. The van der Waals surface area contributed by atoms with E-state index < -0.39 is 0 Å². The molecule has 0 atom stereocenters. The first-order valence-corrected chi connectivity index (χ1v) is 7.10. The first-order valence-electron chi connectivity index (χ1n) is 6.31. The number of halogens is 1. The standard InChI is InChI=1S/C15H18BrN3O/c1-19(2)13-8-9-14(18-15(13)16)17-10-11-4-6-12(20-3)7-5-11/h4-9H,10H2,1-3H3,(H,17,18). The second-order valence-electron chi connectivity index (χ2n) is 4.60. The zero-order valence-electron chi connectivity index (χ0n) is 11.9. The Kier molecular flexibility index (Phi) is 4.84. The third-order valence-electron chi connectivity index (χ3n) is 2.94. The van der Waals surface area contributed by atoms with Crippen molar-refractivity contribution in [3.8, 4) is 5.75 Å². The van der Waals surface area contributed by atoms with Crippen LogP contribution in [0.5, 0.6) is 5.75 Å². The predicted molar refractivity (Wildman–Crippen MR) is 86.6 cm³/mol. The summed E-state index contributed by atoms with van der Waals surface area (Å²) in [6, 6.07) is 12.0. The summed E-state index contributed by atoms with van der Waals surface area (Å²) in [6.07, 6.45) is 0. The van der Waals surface area contributed by atoms with Crippen LogP contribution in [0.25, 0.3) is 0 Å². The predicted octanol–water partition coefficient (Wildman–Crippen LogP) is 3.53. The molecule has 0 saturated heterocycles. The maximum atomic E-state index is 5.14. The molecular formula is C15H18BrN3O. The van der Waals surface area contributed by atoms with Crippen molar-refractivity contribution < 1.29 is 4.74 Å². The number of nitrogens with one attached hydrogen (secondary N) is 1. The highest BCUT2D eigenvalue weighted by atomic mass is 79.9. The quantitative estimate of drug-likeness (QED) is 0.848. The fourth-order valence-corrected chi connectivity index (χ4v) is 2.47. The van der Waals surface area contributed by atoms with Crippen molar-refractivity contribution >= 4 is 27.4 Å². The van der Waals surface area contributed by atoms with E-state index >= 15 is 0 Å². The molecule has 4 nitrogen and oxygen atoms in total. The first-order chi connectivity index (χ1) is 9.60. The van der Waals surface area contributed by atoms with Crippen molar-refractivity contribution in [3.63, 3.8) is 0 Å². The van der Waals surface area contributed by atoms with E-state index in [0.717, 1.165) is 28.4 Å². The molecule has 0 bridgehead atoms. The van der Waals surface area contributed by atoms with Crippen LogP contribution in [0.1, 0.15) is 5.56 Å². The highest BCUT2D eigenvalue weighted by Gasteiger charge is 2.04. The molecule has 0 aliphatic rings. The summed E-state index contributed by atoms with van der Waals surface area (Å²) in [7, 11) is 5.65. The van der Waals surface area contributed by atoms with Crippen LogP contribution >= 0.6 is 15.9 Å². The molecule has 1 aromatic carbocycles. The Hall–Kier alpha value is -1.75. The molecule has 106 valence electrons. The highest BCUT2D eigenvalue weighted by Crippen LogP contribution is 2.24. The van der Waals surface area contributed by atoms with E-state index in [-0.39, 0.29) is 0 Å². The largest absolute Gasteiger partial charge is 0.497 e. The van der Waals surface area contributed by atoms with Gasteiger partial charge in [0.2, 0.25) is 0 Å². The fraction of sp³-hybridized carbons (Fsp3) is 0.267. The second kappa shape index (κ2) is 6.61. The molecular weight excluding hydrogens is 318 g/mol. The second-order valence-corrected chi connectivity index (χ2v) is 5.35. The lowest BCUT2D eigenvalue weighted by atomic mass is 10.2. The van der Waals surface area contributed by atoms with Crippen molar-refractivity contribution in [2.75, 3.05) is 31.4 Å². The summed E-state index contributed by atoms with van der Waals surface area (Å²) >= 11 is 3.48. The summed E-state index contributed by atoms with van der Waals surface area (Å²) in [4.78, 5) is 6.50. The van der Waals surface area contributed by atoms with E-state index in [1.807, 2.05) is 55.4 Å². The summed E-state index contributed by atoms with van der Waals surface area (Å²) in [5.41, 5.74) is 2.24. The Labute approximate surface area is 127 Å². The Morgan fingerprint density at radius 1 is 1.15 bits per heavy atom. The number of pyridine rings is 1. The van der Waals surface area contributed by atoms with Gasteiger partial charge in [-0.15, -0.1) is 0 Å². The Balaban J connectivity index is 2.01. The number of anilines is 2. The molecule has 2 rings (SSSR count). The lowest BCUT2D eigenvalue weighted by molar-refractivity contribution is 0.414. The lowest BCUT2D eigenvalue weighted by Gasteiger charge is -2.15.